The predicted octanol–water partition coefficient (Wildman–Crippen LogP) is 5.23. The van der Waals surface area contributed by atoms with Crippen molar-refractivity contribution in [2.24, 2.45) is 0 Å². The largest absolute Gasteiger partial charge is 0.486 e. The van der Waals surface area contributed by atoms with Crippen molar-refractivity contribution in [3.63, 3.8) is 0 Å². The maximum atomic E-state index is 6.38. The molecule has 2 nitrogen and oxygen atoms in total. The number of hydrogen-bond donors (Lipinski definition) is 1. The molecule has 124 valence electrons. The molecule has 23 heavy (non-hydrogen) atoms. The van der Waals surface area contributed by atoms with E-state index in [0.717, 1.165) is 22.6 Å². The summed E-state index contributed by atoms with van der Waals surface area (Å²) in [6.45, 7) is 12.8. The van der Waals surface area contributed by atoms with E-state index in [0.29, 0.717) is 0 Å². The number of hydrogen-bond acceptors (Lipinski definition) is 2. The molecule has 2 aromatic rings. The zero-order valence-corrected chi connectivity index (χ0v) is 15.6. The number of anilines is 1. The lowest BCUT2D eigenvalue weighted by atomic mass is 9.78. The Morgan fingerprint density at radius 1 is 0.913 bits per heavy atom. The number of fused-ring (bicyclic) bond motifs is 1. The molecule has 0 radical (unpaired) electrons. The molecule has 0 aromatic heterocycles. The first-order valence-corrected chi connectivity index (χ1v) is 7.88. The first kappa shape index (κ1) is 17.7. The molecule has 2 N–H and O–H groups in total. The molecule has 2 aromatic carbocycles. The molecule has 1 unspecified atom stereocenters. The Kier molecular flexibility index (Phi) is 4.42. The molecule has 1 atom stereocenters. The molecule has 0 aliphatic carbocycles. The fourth-order valence-corrected chi connectivity index (χ4v) is 3.65. The molecular weight excluding hydrogens is 306 g/mol. The van der Waals surface area contributed by atoms with Gasteiger partial charge >= 0.3 is 0 Å². The van der Waals surface area contributed by atoms with Crippen LogP contribution in [0.15, 0.2) is 24.3 Å². The molecule has 1 heterocycles. The van der Waals surface area contributed by atoms with Crippen LogP contribution in [0.2, 0.25) is 0 Å². The minimum Gasteiger partial charge on any atom is -0.486 e. The number of aryl methyl sites for hydroxylation is 1. The Hall–Kier alpha value is -1.67. The Morgan fingerprint density at radius 3 is 2.04 bits per heavy atom. The van der Waals surface area contributed by atoms with Gasteiger partial charge in [0.05, 0.1) is 5.92 Å². The molecule has 0 fully saturated rings. The van der Waals surface area contributed by atoms with Crippen LogP contribution in [-0.2, 0) is 0 Å². The van der Waals surface area contributed by atoms with Crippen molar-refractivity contribution >= 4 is 18.1 Å². The molecule has 0 saturated heterocycles. The smallest absolute Gasteiger partial charge is 0.127 e. The lowest BCUT2D eigenvalue weighted by molar-refractivity contribution is 0.121. The molecule has 0 saturated carbocycles. The highest BCUT2D eigenvalue weighted by Gasteiger charge is 2.44. The van der Waals surface area contributed by atoms with Gasteiger partial charge in [-0.15, -0.1) is 12.4 Å². The van der Waals surface area contributed by atoms with Crippen molar-refractivity contribution in [1.29, 1.82) is 0 Å². The second kappa shape index (κ2) is 5.76. The molecular formula is C20H26ClNO. The fourth-order valence-electron chi connectivity index (χ4n) is 3.65. The summed E-state index contributed by atoms with van der Waals surface area (Å²) in [5.41, 5.74) is 14.3. The van der Waals surface area contributed by atoms with Crippen LogP contribution in [0.5, 0.6) is 5.75 Å². The van der Waals surface area contributed by atoms with E-state index in [9.17, 15) is 0 Å². The number of nitrogens with two attached hydrogens (primary N) is 1. The third-order valence-electron chi connectivity index (χ3n) is 5.12. The average Bonchev–Trinajstić information content (AvgIpc) is 2.75. The van der Waals surface area contributed by atoms with E-state index >= 15 is 0 Å². The molecule has 3 rings (SSSR count). The van der Waals surface area contributed by atoms with Gasteiger partial charge in [-0.1, -0.05) is 29.8 Å². The summed E-state index contributed by atoms with van der Waals surface area (Å²) < 4.78 is 6.38. The second-order valence-electron chi connectivity index (χ2n) is 7.08. The topological polar surface area (TPSA) is 35.2 Å². The lowest BCUT2D eigenvalue weighted by Gasteiger charge is -2.27. The highest BCUT2D eigenvalue weighted by molar-refractivity contribution is 5.85. The Bertz CT molecular complexity index is 747. The van der Waals surface area contributed by atoms with Crippen LogP contribution in [-0.4, -0.2) is 5.60 Å². The van der Waals surface area contributed by atoms with Crippen molar-refractivity contribution in [2.75, 3.05) is 5.73 Å². The number of rotatable bonds is 1. The van der Waals surface area contributed by atoms with Crippen LogP contribution in [0, 0.1) is 27.7 Å². The Labute approximate surface area is 145 Å². The van der Waals surface area contributed by atoms with Gasteiger partial charge < -0.3 is 10.5 Å². The van der Waals surface area contributed by atoms with E-state index in [4.69, 9.17) is 10.5 Å². The Balaban J connectivity index is 0.00000192. The van der Waals surface area contributed by atoms with E-state index in [2.05, 4.69) is 65.8 Å². The molecule has 0 spiro atoms. The van der Waals surface area contributed by atoms with E-state index in [1.807, 2.05) is 0 Å². The first-order valence-electron chi connectivity index (χ1n) is 7.88. The molecule has 1 aliphatic rings. The first-order chi connectivity index (χ1) is 10.2. The normalized spacial score (nSPS) is 18.1. The summed E-state index contributed by atoms with van der Waals surface area (Å²) in [6, 6.07) is 8.77. The fraction of sp³-hybridized carbons (Fsp3) is 0.400. The van der Waals surface area contributed by atoms with E-state index < -0.39 is 0 Å². The maximum absolute atomic E-state index is 6.38. The summed E-state index contributed by atoms with van der Waals surface area (Å²) >= 11 is 0. The van der Waals surface area contributed by atoms with Crippen LogP contribution in [0.25, 0.3) is 0 Å². The summed E-state index contributed by atoms with van der Waals surface area (Å²) in [5, 5.41) is 0. The minimum atomic E-state index is -0.270. The van der Waals surface area contributed by atoms with Crippen LogP contribution in [0.4, 0.5) is 5.69 Å². The number of halogens is 1. The van der Waals surface area contributed by atoms with Gasteiger partial charge in [0.25, 0.3) is 0 Å². The van der Waals surface area contributed by atoms with Crippen molar-refractivity contribution < 1.29 is 4.74 Å². The van der Waals surface area contributed by atoms with Crippen LogP contribution >= 0.6 is 12.4 Å². The highest BCUT2D eigenvalue weighted by atomic mass is 35.5. The quantitative estimate of drug-likeness (QED) is 0.726. The van der Waals surface area contributed by atoms with Crippen molar-refractivity contribution in [3.05, 3.63) is 57.6 Å². The van der Waals surface area contributed by atoms with Gasteiger partial charge in [-0.3, -0.25) is 0 Å². The van der Waals surface area contributed by atoms with E-state index in [-0.39, 0.29) is 23.9 Å². The van der Waals surface area contributed by atoms with Crippen LogP contribution in [0.3, 0.4) is 0 Å². The standard InChI is InChI=1S/C20H25NO.ClH/c1-11-7-9-15(10-8-11)17-16-14(4)18(21)12(2)13(3)19(16)22-20(17,5)6;/h7-10,17H,21H2,1-6H3;1H. The summed E-state index contributed by atoms with van der Waals surface area (Å²) in [4.78, 5) is 0. The van der Waals surface area contributed by atoms with Crippen LogP contribution in [0.1, 0.15) is 53.1 Å². The number of nitrogen functional groups attached to an aromatic ring is 1. The molecule has 0 amide bonds. The lowest BCUT2D eigenvalue weighted by Crippen LogP contribution is -2.31. The monoisotopic (exact) mass is 331 g/mol. The SMILES string of the molecule is Cc1ccc(C2c3c(C)c(N)c(C)c(C)c3OC2(C)C)cc1.Cl. The number of benzene rings is 2. The van der Waals surface area contributed by atoms with Crippen molar-refractivity contribution in [3.8, 4) is 5.75 Å². The third-order valence-corrected chi connectivity index (χ3v) is 5.12. The zero-order valence-electron chi connectivity index (χ0n) is 14.8. The predicted molar refractivity (Wildman–Crippen MR) is 100 cm³/mol. The van der Waals surface area contributed by atoms with E-state index in [1.54, 1.807) is 0 Å². The van der Waals surface area contributed by atoms with Gasteiger partial charge in [-0.2, -0.15) is 0 Å². The van der Waals surface area contributed by atoms with Gasteiger partial charge in [0.1, 0.15) is 11.4 Å². The minimum absolute atomic E-state index is 0. The molecule has 1 aliphatic heterocycles. The highest BCUT2D eigenvalue weighted by Crippen LogP contribution is 2.53. The van der Waals surface area contributed by atoms with Gasteiger partial charge in [0.2, 0.25) is 0 Å². The van der Waals surface area contributed by atoms with Crippen molar-refractivity contribution in [2.45, 2.75) is 53.1 Å². The van der Waals surface area contributed by atoms with Crippen LogP contribution < -0.4 is 10.5 Å². The average molecular weight is 332 g/mol. The summed E-state index contributed by atoms with van der Waals surface area (Å²) in [7, 11) is 0. The van der Waals surface area contributed by atoms with Gasteiger partial charge in [-0.25, -0.2) is 0 Å². The third kappa shape index (κ3) is 2.59. The van der Waals surface area contributed by atoms with Crippen molar-refractivity contribution in [1.82, 2.24) is 0 Å². The second-order valence-corrected chi connectivity index (χ2v) is 7.08. The summed E-state index contributed by atoms with van der Waals surface area (Å²) in [5.74, 6) is 1.24. The van der Waals surface area contributed by atoms with Gasteiger partial charge in [0, 0.05) is 11.3 Å². The van der Waals surface area contributed by atoms with Gasteiger partial charge in [0.15, 0.2) is 0 Å². The number of ether oxygens (including phenoxy) is 1. The Morgan fingerprint density at radius 2 is 1.48 bits per heavy atom. The molecule has 0 bridgehead atoms. The van der Waals surface area contributed by atoms with Gasteiger partial charge in [-0.05, 0) is 63.8 Å². The zero-order chi connectivity index (χ0) is 16.2. The van der Waals surface area contributed by atoms with E-state index in [1.165, 1.54) is 22.3 Å². The molecule has 3 heteroatoms. The maximum Gasteiger partial charge on any atom is 0.127 e. The summed E-state index contributed by atoms with van der Waals surface area (Å²) in [6.07, 6.45) is 0.